The Morgan fingerprint density at radius 3 is 2.81 bits per heavy atom. The highest BCUT2D eigenvalue weighted by Crippen LogP contribution is 2.32. The molecule has 0 aromatic heterocycles. The summed E-state index contributed by atoms with van der Waals surface area (Å²) in [5.74, 6) is 1.97. The highest BCUT2D eigenvalue weighted by molar-refractivity contribution is 5.94. The minimum absolute atomic E-state index is 0.0826. The molecule has 1 aromatic carbocycles. The van der Waals surface area contributed by atoms with Crippen LogP contribution < -0.4 is 16.0 Å². The van der Waals surface area contributed by atoms with Gasteiger partial charge in [-0.1, -0.05) is 50.3 Å². The van der Waals surface area contributed by atoms with E-state index in [1.165, 1.54) is 44.1 Å². The van der Waals surface area contributed by atoms with Gasteiger partial charge >= 0.3 is 0 Å². The Morgan fingerprint density at radius 2 is 2.00 bits per heavy atom. The first-order valence-electron chi connectivity index (χ1n) is 10.2. The van der Waals surface area contributed by atoms with Crippen LogP contribution in [0.2, 0.25) is 0 Å². The molecule has 1 atom stereocenters. The molecule has 0 bridgehead atoms. The molecule has 1 aliphatic carbocycles. The molecule has 26 heavy (non-hydrogen) atoms. The predicted molar refractivity (Wildman–Crippen MR) is 108 cm³/mol. The zero-order valence-corrected chi connectivity index (χ0v) is 15.9. The summed E-state index contributed by atoms with van der Waals surface area (Å²) < 4.78 is 0. The number of aliphatic imine (C=N–C) groups is 1. The van der Waals surface area contributed by atoms with Crippen LogP contribution in [0.1, 0.15) is 63.4 Å². The topological polar surface area (TPSA) is 65.5 Å². The van der Waals surface area contributed by atoms with Gasteiger partial charge in [0.25, 0.3) is 0 Å². The molecule has 1 unspecified atom stereocenters. The molecule has 0 saturated heterocycles. The van der Waals surface area contributed by atoms with Gasteiger partial charge in [0.15, 0.2) is 5.96 Å². The maximum absolute atomic E-state index is 12.0. The van der Waals surface area contributed by atoms with Gasteiger partial charge in [0, 0.05) is 31.1 Å². The lowest BCUT2D eigenvalue weighted by Gasteiger charge is -2.25. The Bertz CT molecular complexity index is 622. The highest BCUT2D eigenvalue weighted by atomic mass is 16.1. The Morgan fingerprint density at radius 1 is 1.19 bits per heavy atom. The molecule has 1 fully saturated rings. The van der Waals surface area contributed by atoms with Crippen LogP contribution in [-0.2, 0) is 4.79 Å². The number of guanidine groups is 1. The molecular formula is C21H32N4O. The van der Waals surface area contributed by atoms with Crippen LogP contribution in [0.5, 0.6) is 0 Å². The van der Waals surface area contributed by atoms with Gasteiger partial charge in [-0.25, -0.2) is 0 Å². The summed E-state index contributed by atoms with van der Waals surface area (Å²) in [6.07, 6.45) is 8.67. The van der Waals surface area contributed by atoms with Crippen molar-refractivity contribution < 1.29 is 4.79 Å². The van der Waals surface area contributed by atoms with Gasteiger partial charge in [-0.2, -0.15) is 0 Å². The fourth-order valence-electron chi connectivity index (χ4n) is 4.08. The van der Waals surface area contributed by atoms with Crippen LogP contribution in [0.15, 0.2) is 29.3 Å². The highest BCUT2D eigenvalue weighted by Gasteiger charge is 2.24. The first kappa shape index (κ1) is 18.7. The van der Waals surface area contributed by atoms with E-state index in [1.807, 2.05) is 18.2 Å². The monoisotopic (exact) mass is 356 g/mol. The van der Waals surface area contributed by atoms with Gasteiger partial charge in [0.1, 0.15) is 0 Å². The second-order valence-corrected chi connectivity index (χ2v) is 7.48. The number of amides is 1. The van der Waals surface area contributed by atoms with E-state index >= 15 is 0 Å². The molecule has 2 aliphatic rings. The molecule has 1 amide bonds. The number of carbonyl (C=O) groups excluding carboxylic acids is 1. The minimum atomic E-state index is 0.0826. The van der Waals surface area contributed by atoms with Crippen molar-refractivity contribution in [1.82, 2.24) is 10.6 Å². The van der Waals surface area contributed by atoms with Gasteiger partial charge in [0.2, 0.25) is 5.91 Å². The molecule has 1 heterocycles. The van der Waals surface area contributed by atoms with E-state index in [2.05, 4.69) is 28.9 Å². The molecule has 1 saturated carbocycles. The Kier molecular flexibility index (Phi) is 6.92. The van der Waals surface area contributed by atoms with Crippen molar-refractivity contribution in [2.45, 2.75) is 57.8 Å². The Balaban J connectivity index is 1.56. The lowest BCUT2D eigenvalue weighted by atomic mass is 9.87. The van der Waals surface area contributed by atoms with Crippen molar-refractivity contribution in [2.75, 3.05) is 25.0 Å². The zero-order chi connectivity index (χ0) is 18.2. The number of rotatable bonds is 6. The normalized spacial score (nSPS) is 21.0. The number of anilines is 1. The minimum Gasteiger partial charge on any atom is -0.357 e. The molecule has 1 aromatic rings. The predicted octanol–water partition coefficient (Wildman–Crippen LogP) is 3.64. The molecule has 5 heteroatoms. The summed E-state index contributed by atoms with van der Waals surface area (Å²) >= 11 is 0. The van der Waals surface area contributed by atoms with E-state index in [4.69, 9.17) is 4.99 Å². The third-order valence-electron chi connectivity index (χ3n) is 5.49. The first-order valence-corrected chi connectivity index (χ1v) is 10.2. The van der Waals surface area contributed by atoms with Crippen LogP contribution in [-0.4, -0.2) is 31.5 Å². The van der Waals surface area contributed by atoms with Gasteiger partial charge < -0.3 is 16.0 Å². The van der Waals surface area contributed by atoms with Gasteiger partial charge in [-0.05, 0) is 30.9 Å². The van der Waals surface area contributed by atoms with Gasteiger partial charge in [0.05, 0.1) is 6.54 Å². The largest absolute Gasteiger partial charge is 0.357 e. The van der Waals surface area contributed by atoms with Gasteiger partial charge in [-0.3, -0.25) is 9.79 Å². The number of nitrogens with zero attached hydrogens (tertiary/aromatic N) is 1. The summed E-state index contributed by atoms with van der Waals surface area (Å²) in [5.41, 5.74) is 2.12. The lowest BCUT2D eigenvalue weighted by molar-refractivity contribution is -0.116. The number of nitrogens with one attached hydrogen (secondary N) is 3. The smallest absolute Gasteiger partial charge is 0.225 e. The fourth-order valence-corrected chi connectivity index (χ4v) is 4.08. The summed E-state index contributed by atoms with van der Waals surface area (Å²) in [5, 5.41) is 9.77. The van der Waals surface area contributed by atoms with Crippen LogP contribution >= 0.6 is 0 Å². The number of benzene rings is 1. The average Bonchev–Trinajstić information content (AvgIpc) is 2.66. The lowest BCUT2D eigenvalue weighted by Crippen LogP contribution is -2.39. The number of para-hydroxylation sites is 1. The number of hydrogen-bond acceptors (Lipinski definition) is 2. The molecule has 0 radical (unpaired) electrons. The standard InChI is InChI=1S/C21H32N4O/c1-2-22-21(23-13-12-16-8-4-3-5-9-16)24-15-17-14-20(26)25-19-11-7-6-10-18(17)19/h6-7,10-11,16-17H,2-5,8-9,12-15H2,1H3,(H,25,26)(H2,22,23,24). The van der Waals surface area contributed by atoms with E-state index in [0.717, 1.165) is 30.7 Å². The maximum atomic E-state index is 12.0. The second kappa shape index (κ2) is 9.60. The van der Waals surface area contributed by atoms with E-state index in [0.29, 0.717) is 13.0 Å². The van der Waals surface area contributed by atoms with Gasteiger partial charge in [-0.15, -0.1) is 0 Å². The summed E-state index contributed by atoms with van der Waals surface area (Å²) in [7, 11) is 0. The average molecular weight is 357 g/mol. The molecule has 5 nitrogen and oxygen atoms in total. The molecule has 142 valence electrons. The summed E-state index contributed by atoms with van der Waals surface area (Å²) in [6.45, 7) is 4.53. The molecular weight excluding hydrogens is 324 g/mol. The number of carbonyl (C=O) groups is 1. The number of fused-ring (bicyclic) bond motifs is 1. The van der Waals surface area contributed by atoms with Crippen molar-refractivity contribution >= 4 is 17.6 Å². The van der Waals surface area contributed by atoms with E-state index < -0.39 is 0 Å². The second-order valence-electron chi connectivity index (χ2n) is 7.48. The van der Waals surface area contributed by atoms with Crippen molar-refractivity contribution in [3.63, 3.8) is 0 Å². The van der Waals surface area contributed by atoms with Crippen LogP contribution in [0.4, 0.5) is 5.69 Å². The van der Waals surface area contributed by atoms with Crippen LogP contribution in [0.25, 0.3) is 0 Å². The van der Waals surface area contributed by atoms with Crippen molar-refractivity contribution in [1.29, 1.82) is 0 Å². The number of hydrogen-bond donors (Lipinski definition) is 3. The third-order valence-corrected chi connectivity index (χ3v) is 5.49. The summed E-state index contributed by atoms with van der Waals surface area (Å²) in [6, 6.07) is 8.05. The summed E-state index contributed by atoms with van der Waals surface area (Å²) in [4.78, 5) is 16.7. The maximum Gasteiger partial charge on any atom is 0.225 e. The van der Waals surface area contributed by atoms with Crippen LogP contribution in [0, 0.1) is 5.92 Å². The van der Waals surface area contributed by atoms with Crippen molar-refractivity contribution in [3.8, 4) is 0 Å². The van der Waals surface area contributed by atoms with E-state index in [-0.39, 0.29) is 11.8 Å². The third kappa shape index (κ3) is 5.23. The SMILES string of the molecule is CCNC(=NCC1CC(=O)Nc2ccccc21)NCCC1CCCCC1. The van der Waals surface area contributed by atoms with Crippen molar-refractivity contribution in [3.05, 3.63) is 29.8 Å². The molecule has 3 rings (SSSR count). The molecule has 0 spiro atoms. The van der Waals surface area contributed by atoms with Crippen molar-refractivity contribution in [2.24, 2.45) is 10.9 Å². The Labute approximate surface area is 157 Å². The quantitative estimate of drug-likeness (QED) is 0.538. The van der Waals surface area contributed by atoms with E-state index in [1.54, 1.807) is 0 Å². The van der Waals surface area contributed by atoms with Crippen LogP contribution in [0.3, 0.4) is 0 Å². The first-order chi connectivity index (χ1) is 12.8. The Hall–Kier alpha value is -2.04. The molecule has 1 aliphatic heterocycles. The molecule has 3 N–H and O–H groups in total. The van der Waals surface area contributed by atoms with E-state index in [9.17, 15) is 4.79 Å². The zero-order valence-electron chi connectivity index (χ0n) is 15.9. The fraction of sp³-hybridized carbons (Fsp3) is 0.619.